The van der Waals surface area contributed by atoms with Crippen molar-refractivity contribution in [2.45, 2.75) is 31.5 Å². The minimum Gasteiger partial charge on any atom is -0.341 e. The second kappa shape index (κ2) is 5.06. The van der Waals surface area contributed by atoms with Crippen LogP contribution in [0.3, 0.4) is 0 Å². The Morgan fingerprint density at radius 3 is 2.65 bits per heavy atom. The van der Waals surface area contributed by atoms with Crippen LogP contribution in [0.5, 0.6) is 0 Å². The summed E-state index contributed by atoms with van der Waals surface area (Å²) in [5, 5.41) is 0.961. The maximum absolute atomic E-state index is 12.2. The highest BCUT2D eigenvalue weighted by atomic mass is 79.9. The number of nitrogens with zero attached hydrogens (tertiary/aromatic N) is 2. The molecule has 0 aliphatic heterocycles. The molecule has 0 unspecified atom stereocenters. The minimum absolute atomic E-state index is 0.117. The number of aryl methyl sites for hydroxylation is 2. The average molecular weight is 317 g/mol. The number of amides is 1. The number of hydrogen-bond donors (Lipinski definition) is 0. The molecule has 17 heavy (non-hydrogen) atoms. The first kappa shape index (κ1) is 13.0. The predicted molar refractivity (Wildman–Crippen MR) is 74.0 cm³/mol. The van der Waals surface area contributed by atoms with Gasteiger partial charge in [0, 0.05) is 18.4 Å². The lowest BCUT2D eigenvalue weighted by atomic mass is 9.85. The van der Waals surface area contributed by atoms with Crippen LogP contribution < -0.4 is 0 Å². The third kappa shape index (κ3) is 2.88. The van der Waals surface area contributed by atoms with Crippen LogP contribution in [0.4, 0.5) is 0 Å². The maximum Gasteiger partial charge on any atom is 0.265 e. The predicted octanol–water partition coefficient (Wildman–Crippen LogP) is 3.01. The van der Waals surface area contributed by atoms with Gasteiger partial charge in [-0.15, -0.1) is 11.3 Å². The van der Waals surface area contributed by atoms with Gasteiger partial charge in [0.25, 0.3) is 5.91 Å². The van der Waals surface area contributed by atoms with Crippen molar-refractivity contribution in [1.29, 1.82) is 0 Å². The van der Waals surface area contributed by atoms with Gasteiger partial charge in [0.2, 0.25) is 0 Å². The number of carbonyl (C=O) groups is 1. The van der Waals surface area contributed by atoms with E-state index in [2.05, 4.69) is 20.9 Å². The van der Waals surface area contributed by atoms with Crippen molar-refractivity contribution in [3.63, 3.8) is 0 Å². The maximum atomic E-state index is 12.2. The number of rotatable bonds is 3. The number of alkyl halides is 1. The lowest BCUT2D eigenvalue weighted by Crippen LogP contribution is -2.37. The van der Waals surface area contributed by atoms with Gasteiger partial charge >= 0.3 is 0 Å². The standard InChI is InChI=1S/C12H17BrN2OS/c1-7-11(17-8(2)14-7)12(16)15(3)6-9-4-10(13)5-9/h9-10H,4-6H2,1-3H3. The van der Waals surface area contributed by atoms with Crippen LogP contribution in [0.15, 0.2) is 0 Å². The van der Waals surface area contributed by atoms with E-state index in [1.807, 2.05) is 25.8 Å². The molecule has 1 fully saturated rings. The van der Waals surface area contributed by atoms with Crippen molar-refractivity contribution < 1.29 is 4.79 Å². The summed E-state index contributed by atoms with van der Waals surface area (Å²) in [5.74, 6) is 0.772. The van der Waals surface area contributed by atoms with E-state index in [1.54, 1.807) is 0 Å². The minimum atomic E-state index is 0.117. The van der Waals surface area contributed by atoms with Gasteiger partial charge in [0.1, 0.15) is 4.88 Å². The number of hydrogen-bond acceptors (Lipinski definition) is 3. The third-order valence-electron chi connectivity index (χ3n) is 3.15. The summed E-state index contributed by atoms with van der Waals surface area (Å²) in [4.78, 5) is 19.8. The largest absolute Gasteiger partial charge is 0.341 e. The normalized spacial score (nSPS) is 23.3. The Morgan fingerprint density at radius 1 is 1.53 bits per heavy atom. The smallest absolute Gasteiger partial charge is 0.265 e. The highest BCUT2D eigenvalue weighted by molar-refractivity contribution is 9.09. The van der Waals surface area contributed by atoms with Crippen molar-refractivity contribution in [3.05, 3.63) is 15.6 Å². The van der Waals surface area contributed by atoms with E-state index in [9.17, 15) is 4.79 Å². The van der Waals surface area contributed by atoms with Gasteiger partial charge in [0.15, 0.2) is 0 Å². The molecule has 0 atom stereocenters. The molecular formula is C12H17BrN2OS. The second-order valence-corrected chi connectivity index (χ2v) is 7.27. The van der Waals surface area contributed by atoms with Gasteiger partial charge in [0.05, 0.1) is 10.7 Å². The van der Waals surface area contributed by atoms with Crippen LogP contribution in [0, 0.1) is 19.8 Å². The van der Waals surface area contributed by atoms with Gasteiger partial charge in [-0.25, -0.2) is 4.98 Å². The van der Waals surface area contributed by atoms with Crippen molar-refractivity contribution >= 4 is 33.2 Å². The lowest BCUT2D eigenvalue weighted by Gasteiger charge is -2.34. The molecule has 1 heterocycles. The fraction of sp³-hybridized carbons (Fsp3) is 0.667. The van der Waals surface area contributed by atoms with Crippen LogP contribution in [-0.4, -0.2) is 34.2 Å². The van der Waals surface area contributed by atoms with Gasteiger partial charge in [-0.3, -0.25) is 4.79 Å². The monoisotopic (exact) mass is 316 g/mol. The molecule has 0 saturated heterocycles. The Bertz CT molecular complexity index is 426. The van der Waals surface area contributed by atoms with Crippen molar-refractivity contribution in [2.75, 3.05) is 13.6 Å². The topological polar surface area (TPSA) is 33.2 Å². The highest BCUT2D eigenvalue weighted by Gasteiger charge is 2.29. The van der Waals surface area contributed by atoms with Crippen LogP contribution in [0.25, 0.3) is 0 Å². The zero-order valence-electron chi connectivity index (χ0n) is 10.4. The van der Waals surface area contributed by atoms with Crippen molar-refractivity contribution in [3.8, 4) is 0 Å². The molecule has 0 bridgehead atoms. The van der Waals surface area contributed by atoms with Gasteiger partial charge in [-0.2, -0.15) is 0 Å². The first-order chi connectivity index (χ1) is 7.97. The summed E-state index contributed by atoms with van der Waals surface area (Å²) < 4.78 is 0. The molecule has 5 heteroatoms. The average Bonchev–Trinajstić information content (AvgIpc) is 2.54. The number of halogens is 1. The van der Waals surface area contributed by atoms with E-state index in [1.165, 1.54) is 24.2 Å². The highest BCUT2D eigenvalue weighted by Crippen LogP contribution is 2.34. The van der Waals surface area contributed by atoms with E-state index in [-0.39, 0.29) is 5.91 Å². The molecule has 1 aliphatic rings. The van der Waals surface area contributed by atoms with Gasteiger partial charge in [-0.1, -0.05) is 15.9 Å². The lowest BCUT2D eigenvalue weighted by molar-refractivity contribution is 0.0752. The molecule has 1 aromatic rings. The Kier molecular flexibility index (Phi) is 3.88. The molecule has 94 valence electrons. The first-order valence-corrected chi connectivity index (χ1v) is 7.54. The fourth-order valence-corrected chi connectivity index (χ4v) is 4.15. The van der Waals surface area contributed by atoms with E-state index >= 15 is 0 Å². The molecule has 0 N–H and O–H groups in total. The zero-order valence-corrected chi connectivity index (χ0v) is 12.8. The molecule has 0 aromatic carbocycles. The van der Waals surface area contributed by atoms with Crippen LogP contribution >= 0.6 is 27.3 Å². The fourth-order valence-electron chi connectivity index (χ4n) is 2.18. The molecule has 1 aromatic heterocycles. The van der Waals surface area contributed by atoms with Crippen molar-refractivity contribution in [1.82, 2.24) is 9.88 Å². The molecule has 1 amide bonds. The number of carbonyl (C=O) groups excluding carboxylic acids is 1. The van der Waals surface area contributed by atoms with E-state index < -0.39 is 0 Å². The Balaban J connectivity index is 1.97. The second-order valence-electron chi connectivity index (χ2n) is 4.77. The van der Waals surface area contributed by atoms with Crippen LogP contribution in [-0.2, 0) is 0 Å². The molecule has 1 aliphatic carbocycles. The first-order valence-electron chi connectivity index (χ1n) is 5.81. The molecule has 3 nitrogen and oxygen atoms in total. The van der Waals surface area contributed by atoms with Crippen molar-refractivity contribution in [2.24, 2.45) is 5.92 Å². The summed E-state index contributed by atoms with van der Waals surface area (Å²) in [6, 6.07) is 0. The summed E-state index contributed by atoms with van der Waals surface area (Å²) in [6.45, 7) is 4.70. The van der Waals surface area contributed by atoms with Crippen LogP contribution in [0.2, 0.25) is 0 Å². The summed E-state index contributed by atoms with van der Waals surface area (Å²) in [7, 11) is 1.89. The molecule has 0 radical (unpaired) electrons. The van der Waals surface area contributed by atoms with E-state index in [0.717, 1.165) is 22.1 Å². The number of aromatic nitrogens is 1. The van der Waals surface area contributed by atoms with Gasteiger partial charge < -0.3 is 4.90 Å². The summed E-state index contributed by atoms with van der Waals surface area (Å²) in [6.07, 6.45) is 2.36. The zero-order chi connectivity index (χ0) is 12.6. The van der Waals surface area contributed by atoms with E-state index in [4.69, 9.17) is 0 Å². The molecule has 2 rings (SSSR count). The molecule has 0 spiro atoms. The van der Waals surface area contributed by atoms with Gasteiger partial charge in [-0.05, 0) is 32.6 Å². The van der Waals surface area contributed by atoms with Crippen LogP contribution in [0.1, 0.15) is 33.2 Å². The Hall–Kier alpha value is -0.420. The molecule has 1 saturated carbocycles. The SMILES string of the molecule is Cc1nc(C)c(C(=O)N(C)CC2CC(Br)C2)s1. The number of thiazole rings is 1. The summed E-state index contributed by atoms with van der Waals surface area (Å²) in [5.41, 5.74) is 0.858. The quantitative estimate of drug-likeness (QED) is 0.803. The van der Waals surface area contributed by atoms with E-state index in [0.29, 0.717) is 10.7 Å². The Morgan fingerprint density at radius 2 is 2.18 bits per heavy atom. The summed E-state index contributed by atoms with van der Waals surface area (Å²) >= 11 is 5.07. The third-order valence-corrected chi connectivity index (χ3v) is 4.96. The Labute approximate surface area is 114 Å². The molecular weight excluding hydrogens is 300 g/mol.